The zero-order valence-corrected chi connectivity index (χ0v) is 32.3. The topological polar surface area (TPSA) is 77.5 Å². The predicted molar refractivity (Wildman–Crippen MR) is 193 cm³/mol. The van der Waals surface area contributed by atoms with Crippen molar-refractivity contribution in [2.45, 2.75) is 145 Å². The Kier molecular flexibility index (Phi) is 14.9. The quantitative estimate of drug-likeness (QED) is 0.137. The summed E-state index contributed by atoms with van der Waals surface area (Å²) in [4.78, 5) is 39.1. The Labute approximate surface area is 291 Å². The van der Waals surface area contributed by atoms with Gasteiger partial charge in [0.15, 0.2) is 0 Å². The van der Waals surface area contributed by atoms with Crippen molar-refractivity contribution in [3.63, 3.8) is 0 Å². The molecule has 0 aromatic heterocycles. The molecule has 2 rings (SSSR count). The number of carbonyl (C=O) groups is 2. The Morgan fingerprint density at radius 1 is 0.542 bits per heavy atom. The van der Waals surface area contributed by atoms with Crippen LogP contribution in [-0.4, -0.2) is 58.4 Å². The molecule has 0 N–H and O–H groups in total. The van der Waals surface area contributed by atoms with E-state index >= 15 is 0 Å². The molecule has 0 spiro atoms. The molecule has 0 saturated carbocycles. The Morgan fingerprint density at radius 2 is 0.833 bits per heavy atom. The van der Waals surface area contributed by atoms with Crippen molar-refractivity contribution in [3.8, 4) is 0 Å². The van der Waals surface area contributed by atoms with Crippen LogP contribution >= 0.6 is 0 Å². The summed E-state index contributed by atoms with van der Waals surface area (Å²) in [5.41, 5.74) is 1.10. The molecule has 2 aromatic carbocycles. The van der Waals surface area contributed by atoms with Crippen molar-refractivity contribution in [1.29, 1.82) is 0 Å². The fourth-order valence-electron chi connectivity index (χ4n) is 5.03. The minimum atomic E-state index is -0.517. The van der Waals surface area contributed by atoms with E-state index in [1.807, 2.05) is 70.8 Å². The van der Waals surface area contributed by atoms with Gasteiger partial charge in [0.1, 0.15) is 25.4 Å². The molecular formula is C40H64N2O6. The summed E-state index contributed by atoms with van der Waals surface area (Å²) in [5, 5.41) is 4.01. The molecule has 0 aliphatic heterocycles. The minimum absolute atomic E-state index is 0.0137. The van der Waals surface area contributed by atoms with Crippen molar-refractivity contribution in [1.82, 2.24) is 10.1 Å². The summed E-state index contributed by atoms with van der Waals surface area (Å²) in [7, 11) is 0. The van der Waals surface area contributed by atoms with Crippen molar-refractivity contribution in [2.24, 2.45) is 10.8 Å². The number of ether oxygens (including phenoxy) is 2. The second-order valence-electron chi connectivity index (χ2n) is 17.0. The number of hydrogen-bond acceptors (Lipinski definition) is 8. The highest BCUT2D eigenvalue weighted by Crippen LogP contribution is 2.35. The summed E-state index contributed by atoms with van der Waals surface area (Å²) in [6, 6.07) is 19.6. The molecule has 0 amide bonds. The fraction of sp³-hybridized carbons (Fsp3) is 0.650. The number of esters is 2. The summed E-state index contributed by atoms with van der Waals surface area (Å²) in [6.07, 6.45) is -1.24. The first-order valence-corrected chi connectivity index (χ1v) is 17.3. The average Bonchev–Trinajstić information content (AvgIpc) is 2.98. The molecule has 4 unspecified atom stereocenters. The highest BCUT2D eigenvalue weighted by atomic mass is 16.7. The predicted octanol–water partition coefficient (Wildman–Crippen LogP) is 9.27. The first kappa shape index (κ1) is 41.4. The zero-order chi connectivity index (χ0) is 36.5. The van der Waals surface area contributed by atoms with Gasteiger partial charge in [0.2, 0.25) is 0 Å². The normalized spacial score (nSPS) is 15.6. The van der Waals surface area contributed by atoms with Crippen LogP contribution in [-0.2, 0) is 28.7 Å². The van der Waals surface area contributed by atoms with E-state index in [2.05, 4.69) is 96.9 Å². The fourth-order valence-corrected chi connectivity index (χ4v) is 5.03. The lowest BCUT2D eigenvalue weighted by Gasteiger charge is -2.45. The summed E-state index contributed by atoms with van der Waals surface area (Å²) < 4.78 is 11.4. The molecule has 0 radical (unpaired) electrons. The third kappa shape index (κ3) is 13.3. The first-order valence-electron chi connectivity index (χ1n) is 17.3. The Morgan fingerprint density at radius 3 is 1.08 bits per heavy atom. The highest BCUT2D eigenvalue weighted by molar-refractivity contribution is 5.77. The maximum atomic E-state index is 12.9. The maximum Gasteiger partial charge on any atom is 0.306 e. The van der Waals surface area contributed by atoms with Crippen LogP contribution in [0.1, 0.15) is 133 Å². The lowest BCUT2D eigenvalue weighted by atomic mass is 9.86. The summed E-state index contributed by atoms with van der Waals surface area (Å²) >= 11 is 0. The van der Waals surface area contributed by atoms with Crippen LogP contribution in [0.15, 0.2) is 60.7 Å². The van der Waals surface area contributed by atoms with Gasteiger partial charge in [-0.1, -0.05) is 102 Å². The number of carbonyl (C=O) groups excluding carboxylic acids is 2. The molecule has 0 fully saturated rings. The largest absolute Gasteiger partial charge is 0.462 e. The number of nitrogens with zero attached hydrogens (tertiary/aromatic N) is 2. The average molecular weight is 669 g/mol. The van der Waals surface area contributed by atoms with Gasteiger partial charge >= 0.3 is 11.9 Å². The van der Waals surface area contributed by atoms with Gasteiger partial charge in [0, 0.05) is 23.2 Å². The molecule has 0 aliphatic carbocycles. The molecule has 8 heteroatoms. The SMILES string of the molecule is CC(N(OC(COC(=O)CCC(=O)OCC(ON(C(C)C(C)(C)C)C(C)(C)C)c1ccccc1)c1ccccc1)C(C)(C)C)C(C)(C)C. The molecule has 0 saturated heterocycles. The van der Waals surface area contributed by atoms with Gasteiger partial charge in [-0.15, -0.1) is 0 Å². The van der Waals surface area contributed by atoms with E-state index in [4.69, 9.17) is 19.1 Å². The number of benzene rings is 2. The van der Waals surface area contributed by atoms with Crippen LogP contribution in [0.2, 0.25) is 0 Å². The van der Waals surface area contributed by atoms with E-state index in [0.717, 1.165) is 11.1 Å². The van der Waals surface area contributed by atoms with Gasteiger partial charge in [0.05, 0.1) is 12.8 Å². The number of hydrogen-bond donors (Lipinski definition) is 0. The van der Waals surface area contributed by atoms with Gasteiger partial charge in [-0.3, -0.25) is 19.3 Å². The lowest BCUT2D eigenvalue weighted by Crippen LogP contribution is -2.52. The van der Waals surface area contributed by atoms with Crippen LogP contribution in [0.25, 0.3) is 0 Å². The van der Waals surface area contributed by atoms with Crippen LogP contribution in [0.5, 0.6) is 0 Å². The van der Waals surface area contributed by atoms with Crippen LogP contribution < -0.4 is 0 Å². The van der Waals surface area contributed by atoms with Gasteiger partial charge in [-0.2, -0.15) is 10.1 Å². The van der Waals surface area contributed by atoms with Crippen molar-refractivity contribution in [2.75, 3.05) is 13.2 Å². The second-order valence-corrected chi connectivity index (χ2v) is 17.0. The second kappa shape index (κ2) is 17.2. The molecule has 270 valence electrons. The molecule has 0 heterocycles. The summed E-state index contributed by atoms with van der Waals surface area (Å²) in [5.74, 6) is -0.979. The lowest BCUT2D eigenvalue weighted by molar-refractivity contribution is -0.284. The Bertz CT molecular complexity index is 1160. The molecule has 2 aromatic rings. The van der Waals surface area contributed by atoms with E-state index < -0.39 is 24.1 Å². The minimum Gasteiger partial charge on any atom is -0.462 e. The van der Waals surface area contributed by atoms with E-state index in [9.17, 15) is 9.59 Å². The third-order valence-corrected chi connectivity index (χ3v) is 8.68. The van der Waals surface area contributed by atoms with Crippen LogP contribution in [0.3, 0.4) is 0 Å². The number of hydroxylamine groups is 4. The van der Waals surface area contributed by atoms with Gasteiger partial charge in [-0.05, 0) is 77.3 Å². The number of rotatable bonds is 15. The molecule has 0 bridgehead atoms. The third-order valence-electron chi connectivity index (χ3n) is 8.68. The van der Waals surface area contributed by atoms with Crippen LogP contribution in [0.4, 0.5) is 0 Å². The molecule has 48 heavy (non-hydrogen) atoms. The first-order chi connectivity index (χ1) is 22.0. The van der Waals surface area contributed by atoms with E-state index in [0.29, 0.717) is 0 Å². The maximum absolute atomic E-state index is 12.9. The monoisotopic (exact) mass is 668 g/mol. The van der Waals surface area contributed by atoms with Crippen molar-refractivity contribution in [3.05, 3.63) is 71.8 Å². The molecule has 0 aliphatic rings. The summed E-state index contributed by atoms with van der Waals surface area (Å²) in [6.45, 7) is 30.0. The van der Waals surface area contributed by atoms with Crippen molar-refractivity contribution >= 4 is 11.9 Å². The van der Waals surface area contributed by atoms with E-state index in [1.165, 1.54) is 0 Å². The molecule has 4 atom stereocenters. The van der Waals surface area contributed by atoms with Crippen molar-refractivity contribution < 1.29 is 28.7 Å². The Hall–Kier alpha value is -2.78. The van der Waals surface area contributed by atoms with Gasteiger partial charge in [0.25, 0.3) is 0 Å². The standard InChI is InChI=1S/C40H64N2O6/c1-29(37(3,4)5)41(39(9,10)11)47-33(31-21-17-15-18-22-31)27-45-35(43)25-26-36(44)46-28-34(32-23-19-16-20-24-32)48-42(40(12,13)14)30(2)38(6,7)8/h15-24,29-30,33-34H,25-28H2,1-14H3. The van der Waals surface area contributed by atoms with E-state index in [-0.39, 0.29) is 60.0 Å². The zero-order valence-electron chi connectivity index (χ0n) is 32.3. The Balaban J connectivity index is 2.08. The molecular weight excluding hydrogens is 604 g/mol. The molecule has 8 nitrogen and oxygen atoms in total. The highest BCUT2D eigenvalue weighted by Gasteiger charge is 2.38. The smallest absolute Gasteiger partial charge is 0.306 e. The van der Waals surface area contributed by atoms with Gasteiger partial charge < -0.3 is 9.47 Å². The van der Waals surface area contributed by atoms with Gasteiger partial charge in [-0.25, -0.2) is 0 Å². The van der Waals surface area contributed by atoms with E-state index in [1.54, 1.807) is 0 Å². The van der Waals surface area contributed by atoms with Crippen LogP contribution in [0, 0.1) is 10.8 Å².